The first-order valence-corrected chi connectivity index (χ1v) is 7.13. The van der Waals surface area contributed by atoms with Crippen LogP contribution in [0.5, 0.6) is 0 Å². The largest absolute Gasteiger partial charge is 0.376 e. The standard InChI is InChI=1S/C16H16N2O2S/c17-16(21)18-14-7-5-12(6-8-14)11-1-3-13(4-2-11)15-19-9-10-20-15/h1-8,15H,9-10H2,(H3,17,18,21). The van der Waals surface area contributed by atoms with Crippen molar-refractivity contribution in [2.45, 2.75) is 6.29 Å². The van der Waals surface area contributed by atoms with Gasteiger partial charge in [-0.2, -0.15) is 0 Å². The molecule has 4 nitrogen and oxygen atoms in total. The highest BCUT2D eigenvalue weighted by Crippen LogP contribution is 2.27. The summed E-state index contributed by atoms with van der Waals surface area (Å²) in [6.07, 6.45) is -0.226. The van der Waals surface area contributed by atoms with E-state index in [1.807, 2.05) is 36.4 Å². The van der Waals surface area contributed by atoms with Crippen LogP contribution in [0, 0.1) is 0 Å². The molecule has 0 saturated carbocycles. The van der Waals surface area contributed by atoms with Crippen LogP contribution >= 0.6 is 12.2 Å². The van der Waals surface area contributed by atoms with Gasteiger partial charge in [0.1, 0.15) is 0 Å². The summed E-state index contributed by atoms with van der Waals surface area (Å²) in [4.78, 5) is 0. The topological polar surface area (TPSA) is 56.5 Å². The predicted octanol–water partition coefficient (Wildman–Crippen LogP) is 3.05. The van der Waals surface area contributed by atoms with Crippen LogP contribution in [0.1, 0.15) is 11.9 Å². The third kappa shape index (κ3) is 3.39. The van der Waals surface area contributed by atoms with Crippen molar-refractivity contribution < 1.29 is 9.47 Å². The van der Waals surface area contributed by atoms with Gasteiger partial charge in [0.05, 0.1) is 13.2 Å². The number of anilines is 1. The third-order valence-electron chi connectivity index (χ3n) is 3.29. The molecule has 1 fully saturated rings. The second kappa shape index (κ2) is 6.22. The van der Waals surface area contributed by atoms with Gasteiger partial charge >= 0.3 is 0 Å². The van der Waals surface area contributed by atoms with Gasteiger partial charge in [-0.1, -0.05) is 36.4 Å². The van der Waals surface area contributed by atoms with Crippen LogP contribution in [0.4, 0.5) is 5.69 Å². The first-order chi connectivity index (χ1) is 10.2. The smallest absolute Gasteiger partial charge is 0.184 e. The number of benzene rings is 2. The molecule has 1 heterocycles. The van der Waals surface area contributed by atoms with E-state index in [0.717, 1.165) is 22.4 Å². The van der Waals surface area contributed by atoms with Crippen LogP contribution in [0.15, 0.2) is 48.5 Å². The van der Waals surface area contributed by atoms with Crippen molar-refractivity contribution in [3.63, 3.8) is 0 Å². The summed E-state index contributed by atoms with van der Waals surface area (Å²) < 4.78 is 11.0. The second-order valence-electron chi connectivity index (χ2n) is 4.76. The van der Waals surface area contributed by atoms with Crippen LogP contribution < -0.4 is 11.1 Å². The zero-order valence-corrected chi connectivity index (χ0v) is 12.2. The molecule has 3 rings (SSSR count). The highest BCUT2D eigenvalue weighted by molar-refractivity contribution is 7.80. The minimum atomic E-state index is -0.226. The lowest BCUT2D eigenvalue weighted by molar-refractivity contribution is -0.0441. The molecule has 108 valence electrons. The Hall–Kier alpha value is -1.95. The van der Waals surface area contributed by atoms with E-state index in [0.29, 0.717) is 13.2 Å². The lowest BCUT2D eigenvalue weighted by Gasteiger charge is -2.10. The van der Waals surface area contributed by atoms with Crippen molar-refractivity contribution in [3.05, 3.63) is 54.1 Å². The number of thiocarbonyl (C=S) groups is 1. The van der Waals surface area contributed by atoms with E-state index in [9.17, 15) is 0 Å². The highest BCUT2D eigenvalue weighted by Gasteiger charge is 2.17. The van der Waals surface area contributed by atoms with E-state index in [4.69, 9.17) is 27.4 Å². The first-order valence-electron chi connectivity index (χ1n) is 6.72. The number of ether oxygens (including phenoxy) is 2. The lowest BCUT2D eigenvalue weighted by atomic mass is 10.0. The molecule has 0 unspecified atom stereocenters. The zero-order chi connectivity index (χ0) is 14.7. The van der Waals surface area contributed by atoms with Gasteiger partial charge in [-0.25, -0.2) is 0 Å². The molecular formula is C16H16N2O2S. The Morgan fingerprint density at radius 2 is 1.48 bits per heavy atom. The van der Waals surface area contributed by atoms with Crippen LogP contribution in [-0.4, -0.2) is 18.3 Å². The average molecular weight is 300 g/mol. The fourth-order valence-electron chi connectivity index (χ4n) is 2.27. The molecule has 2 aromatic rings. The van der Waals surface area contributed by atoms with Gasteiger partial charge in [0, 0.05) is 11.3 Å². The van der Waals surface area contributed by atoms with Crippen molar-refractivity contribution in [3.8, 4) is 11.1 Å². The number of hydrogen-bond acceptors (Lipinski definition) is 3. The Morgan fingerprint density at radius 3 is 2.00 bits per heavy atom. The fourth-order valence-corrected chi connectivity index (χ4v) is 2.39. The molecule has 1 aliphatic heterocycles. The molecule has 5 heteroatoms. The second-order valence-corrected chi connectivity index (χ2v) is 5.20. The van der Waals surface area contributed by atoms with Gasteiger partial charge in [-0.05, 0) is 35.5 Å². The maximum absolute atomic E-state index is 5.48. The Balaban J connectivity index is 1.75. The van der Waals surface area contributed by atoms with E-state index < -0.39 is 0 Å². The van der Waals surface area contributed by atoms with Crippen LogP contribution in [-0.2, 0) is 9.47 Å². The van der Waals surface area contributed by atoms with Crippen LogP contribution in [0.3, 0.4) is 0 Å². The van der Waals surface area contributed by atoms with Gasteiger partial charge in [0.2, 0.25) is 0 Å². The molecule has 2 aromatic carbocycles. The molecule has 0 atom stereocenters. The van der Waals surface area contributed by atoms with Crippen molar-refractivity contribution in [1.82, 2.24) is 0 Å². The van der Waals surface area contributed by atoms with Gasteiger partial charge in [-0.15, -0.1) is 0 Å². The Labute approximate surface area is 128 Å². The Bertz CT molecular complexity index is 620. The monoisotopic (exact) mass is 300 g/mol. The zero-order valence-electron chi connectivity index (χ0n) is 11.4. The number of rotatable bonds is 3. The van der Waals surface area contributed by atoms with E-state index in [2.05, 4.69) is 17.4 Å². The summed E-state index contributed by atoms with van der Waals surface area (Å²) in [5.74, 6) is 0. The van der Waals surface area contributed by atoms with E-state index in [-0.39, 0.29) is 11.4 Å². The van der Waals surface area contributed by atoms with E-state index in [1.165, 1.54) is 0 Å². The molecular weight excluding hydrogens is 284 g/mol. The predicted molar refractivity (Wildman–Crippen MR) is 86.9 cm³/mol. The molecule has 1 saturated heterocycles. The normalized spacial score (nSPS) is 15.0. The third-order valence-corrected chi connectivity index (χ3v) is 3.39. The molecule has 0 radical (unpaired) electrons. The quantitative estimate of drug-likeness (QED) is 0.853. The molecule has 0 aliphatic carbocycles. The Kier molecular flexibility index (Phi) is 4.15. The minimum absolute atomic E-state index is 0.226. The van der Waals surface area contributed by atoms with Gasteiger partial charge in [-0.3, -0.25) is 0 Å². The summed E-state index contributed by atoms with van der Waals surface area (Å²) in [5.41, 5.74) is 9.64. The van der Waals surface area contributed by atoms with Crippen LogP contribution in [0.2, 0.25) is 0 Å². The fraction of sp³-hybridized carbons (Fsp3) is 0.188. The van der Waals surface area contributed by atoms with E-state index in [1.54, 1.807) is 0 Å². The van der Waals surface area contributed by atoms with Crippen molar-refractivity contribution in [2.24, 2.45) is 5.73 Å². The minimum Gasteiger partial charge on any atom is -0.376 e. The van der Waals surface area contributed by atoms with Crippen molar-refractivity contribution in [2.75, 3.05) is 18.5 Å². The molecule has 0 spiro atoms. The van der Waals surface area contributed by atoms with Crippen molar-refractivity contribution in [1.29, 1.82) is 0 Å². The molecule has 21 heavy (non-hydrogen) atoms. The van der Waals surface area contributed by atoms with Gasteiger partial charge in [0.15, 0.2) is 11.4 Å². The summed E-state index contributed by atoms with van der Waals surface area (Å²) in [6.45, 7) is 1.31. The van der Waals surface area contributed by atoms with E-state index >= 15 is 0 Å². The summed E-state index contributed by atoms with van der Waals surface area (Å²) >= 11 is 4.81. The Morgan fingerprint density at radius 1 is 0.952 bits per heavy atom. The number of nitrogens with one attached hydrogen (secondary N) is 1. The lowest BCUT2D eigenvalue weighted by Crippen LogP contribution is -2.18. The maximum atomic E-state index is 5.48. The average Bonchev–Trinajstić information content (AvgIpc) is 3.02. The number of hydrogen-bond donors (Lipinski definition) is 2. The molecule has 1 aliphatic rings. The van der Waals surface area contributed by atoms with Crippen LogP contribution in [0.25, 0.3) is 11.1 Å². The summed E-state index contributed by atoms with van der Waals surface area (Å²) in [6, 6.07) is 16.2. The maximum Gasteiger partial charge on any atom is 0.184 e. The summed E-state index contributed by atoms with van der Waals surface area (Å²) in [7, 11) is 0. The first kappa shape index (κ1) is 14.0. The SMILES string of the molecule is NC(=S)Nc1ccc(-c2ccc(C3OCCO3)cc2)cc1. The van der Waals surface area contributed by atoms with Gasteiger partial charge < -0.3 is 20.5 Å². The summed E-state index contributed by atoms with van der Waals surface area (Å²) in [5, 5.41) is 3.17. The van der Waals surface area contributed by atoms with Gasteiger partial charge in [0.25, 0.3) is 0 Å². The highest BCUT2D eigenvalue weighted by atomic mass is 32.1. The van der Waals surface area contributed by atoms with Crippen molar-refractivity contribution >= 4 is 23.0 Å². The number of nitrogens with two attached hydrogens (primary N) is 1. The molecule has 0 bridgehead atoms. The molecule has 0 aromatic heterocycles. The molecule has 3 N–H and O–H groups in total. The molecule has 0 amide bonds.